The Hall–Kier alpha value is -1.76. The van der Waals surface area contributed by atoms with E-state index >= 15 is 0 Å². The number of halogens is 32. The van der Waals surface area contributed by atoms with Crippen molar-refractivity contribution in [3.63, 3.8) is 0 Å². The molecule has 0 atom stereocenters. The SMILES string of the molecule is CC.CC[N+](CC)(CC)CC.F[B-](F)(F)F.F[B-](F)(F)F.F[B-](F)(F)F.F[B-](F)(F)F.F[B-](F)(F)F.F[B-](F)(F)F.F[B-](F)(F)F.F[B-](F)(F)F. The second kappa shape index (κ2) is 34.0. The average Bonchev–Trinajstić information content (AvgIpc) is 2.68. The van der Waals surface area contributed by atoms with E-state index < -0.39 is 58.0 Å². The lowest BCUT2D eigenvalue weighted by atomic mass is 10.3. The van der Waals surface area contributed by atoms with Crippen LogP contribution in [0.1, 0.15) is 41.5 Å². The van der Waals surface area contributed by atoms with Crippen molar-refractivity contribution < 1.29 is 143 Å². The van der Waals surface area contributed by atoms with Crippen LogP contribution in [0.25, 0.3) is 0 Å². The first kappa shape index (κ1) is 74.4. The summed E-state index contributed by atoms with van der Waals surface area (Å²) >= 11 is 0. The smallest absolute Gasteiger partial charge is 0.418 e. The molecule has 0 radical (unpaired) electrons. The van der Waals surface area contributed by atoms with Crippen LogP contribution in [-0.2, 0) is 0 Å². The summed E-state index contributed by atoms with van der Waals surface area (Å²) in [5, 5.41) is 0. The van der Waals surface area contributed by atoms with Crippen LogP contribution in [0.4, 0.5) is 138 Å². The van der Waals surface area contributed by atoms with Gasteiger partial charge < -0.3 is 143 Å². The molecule has 0 amide bonds. The van der Waals surface area contributed by atoms with E-state index in [1.165, 1.54) is 30.7 Å². The molecule has 0 bridgehead atoms. The van der Waals surface area contributed by atoms with Crippen LogP contribution in [0, 0.1) is 0 Å². The van der Waals surface area contributed by atoms with Crippen molar-refractivity contribution in [2.45, 2.75) is 41.5 Å². The van der Waals surface area contributed by atoms with E-state index in [4.69, 9.17) is 0 Å². The van der Waals surface area contributed by atoms with Gasteiger partial charge >= 0.3 is 58.0 Å². The van der Waals surface area contributed by atoms with E-state index in [0.29, 0.717) is 0 Å². The summed E-state index contributed by atoms with van der Waals surface area (Å²) in [6.45, 7) is 18.2. The number of quaternary nitrogens is 1. The molecule has 0 aromatic carbocycles. The van der Waals surface area contributed by atoms with Gasteiger partial charge in [0.25, 0.3) is 0 Å². The van der Waals surface area contributed by atoms with Crippen LogP contribution in [-0.4, -0.2) is 88.7 Å². The summed E-state index contributed by atoms with van der Waals surface area (Å²) in [6.07, 6.45) is 0. The quantitative estimate of drug-likeness (QED) is 0.150. The highest BCUT2D eigenvalue weighted by molar-refractivity contribution is 6.52. The van der Waals surface area contributed by atoms with Crippen LogP contribution in [0.5, 0.6) is 0 Å². The molecule has 0 heterocycles. The maximum atomic E-state index is 9.75. The molecule has 0 N–H and O–H groups in total. The van der Waals surface area contributed by atoms with Gasteiger partial charge in [0.05, 0.1) is 26.2 Å². The van der Waals surface area contributed by atoms with Gasteiger partial charge in [0, 0.05) is 0 Å². The van der Waals surface area contributed by atoms with Gasteiger partial charge in [-0.1, -0.05) is 13.8 Å². The summed E-state index contributed by atoms with van der Waals surface area (Å²) in [5.74, 6) is 0. The van der Waals surface area contributed by atoms with Gasteiger partial charge in [-0.15, -0.1) is 0 Å². The first-order valence-electron chi connectivity index (χ1n) is 12.1. The Labute approximate surface area is 269 Å². The molecule has 0 aromatic heterocycles. The zero-order valence-electron chi connectivity index (χ0n) is 26.0. The van der Waals surface area contributed by atoms with Crippen molar-refractivity contribution in [2.24, 2.45) is 0 Å². The highest BCUT2D eigenvalue weighted by atomic mass is 19.5. The summed E-state index contributed by atoms with van der Waals surface area (Å²) in [7, 11) is -48.0. The van der Waals surface area contributed by atoms with Crippen LogP contribution < -0.4 is 0 Å². The first-order chi connectivity index (χ1) is 21.2. The zero-order chi connectivity index (χ0) is 45.3. The average molecular weight is 855 g/mol. The Kier molecular flexibility index (Phi) is 49.7. The molecule has 0 spiro atoms. The molecule has 0 unspecified atom stereocenters. The molecule has 0 saturated carbocycles. The van der Waals surface area contributed by atoms with Gasteiger partial charge in [0.2, 0.25) is 0 Å². The lowest BCUT2D eigenvalue weighted by molar-refractivity contribution is -0.921. The molecule has 0 aromatic rings. The zero-order valence-corrected chi connectivity index (χ0v) is 26.0. The standard InChI is InChI=1S/C8H20N.C2H6.8BF4/c1-5-9(6-2,7-3)8-4;1-2;8*2-1(3,4)5/h5-8H2,1-4H3;1-2H3;;;;;;;;/q+1;;8*-1. The minimum absolute atomic E-state index is 1.28. The summed E-state index contributed by atoms with van der Waals surface area (Å²) in [5.41, 5.74) is 0. The number of nitrogens with zero attached hydrogens (tertiary/aromatic N) is 1. The van der Waals surface area contributed by atoms with E-state index in [-0.39, 0.29) is 0 Å². The topological polar surface area (TPSA) is 0 Å². The Bertz CT molecular complexity index is 460. The largest absolute Gasteiger partial charge is 0.673 e. The third kappa shape index (κ3) is 984. The molecule has 326 valence electrons. The molecule has 0 aliphatic heterocycles. The van der Waals surface area contributed by atoms with Crippen molar-refractivity contribution in [1.29, 1.82) is 0 Å². The highest BCUT2D eigenvalue weighted by Crippen LogP contribution is 2.10. The van der Waals surface area contributed by atoms with Crippen molar-refractivity contribution in [3.8, 4) is 0 Å². The number of hydrogen-bond acceptors (Lipinski definition) is 0. The fourth-order valence-electron chi connectivity index (χ4n) is 1.34. The monoisotopic (exact) mass is 856 g/mol. The Morgan fingerprint density at radius 2 is 0.255 bits per heavy atom. The second-order valence-corrected chi connectivity index (χ2v) is 6.57. The molecule has 51 heavy (non-hydrogen) atoms. The molecular formula is C10H26B8F32N-7. The number of hydrogen-bond donors (Lipinski definition) is 0. The van der Waals surface area contributed by atoms with Gasteiger partial charge in [0.1, 0.15) is 0 Å². The highest BCUT2D eigenvalue weighted by Gasteiger charge is 2.23. The lowest BCUT2D eigenvalue weighted by Gasteiger charge is -2.34. The third-order valence-electron chi connectivity index (χ3n) is 2.68. The molecule has 0 saturated heterocycles. The maximum absolute atomic E-state index is 9.75. The minimum atomic E-state index is -6.00. The minimum Gasteiger partial charge on any atom is -0.418 e. The van der Waals surface area contributed by atoms with Crippen molar-refractivity contribution in [2.75, 3.05) is 26.2 Å². The van der Waals surface area contributed by atoms with Crippen LogP contribution >= 0.6 is 0 Å². The fraction of sp³-hybridized carbons (Fsp3) is 1.00. The van der Waals surface area contributed by atoms with Gasteiger partial charge in [0.15, 0.2) is 0 Å². The Morgan fingerprint density at radius 3 is 0.255 bits per heavy atom. The van der Waals surface area contributed by atoms with Crippen LogP contribution in [0.15, 0.2) is 0 Å². The predicted molar refractivity (Wildman–Crippen MR) is 135 cm³/mol. The van der Waals surface area contributed by atoms with Crippen LogP contribution in [0.3, 0.4) is 0 Å². The lowest BCUT2D eigenvalue weighted by Crippen LogP contribution is -2.47. The van der Waals surface area contributed by atoms with E-state index in [0.717, 1.165) is 0 Å². The van der Waals surface area contributed by atoms with E-state index in [9.17, 15) is 138 Å². The first-order valence-corrected chi connectivity index (χ1v) is 12.1. The summed E-state index contributed by atoms with van der Waals surface area (Å²) < 4.78 is 313. The summed E-state index contributed by atoms with van der Waals surface area (Å²) in [4.78, 5) is 0. The van der Waals surface area contributed by atoms with Gasteiger partial charge in [-0.3, -0.25) is 0 Å². The molecule has 0 fully saturated rings. The second-order valence-electron chi connectivity index (χ2n) is 6.57. The summed E-state index contributed by atoms with van der Waals surface area (Å²) in [6, 6.07) is 0. The number of rotatable bonds is 4. The van der Waals surface area contributed by atoms with Crippen molar-refractivity contribution in [1.82, 2.24) is 0 Å². The van der Waals surface area contributed by atoms with E-state index in [1.54, 1.807) is 0 Å². The van der Waals surface area contributed by atoms with E-state index in [2.05, 4.69) is 27.7 Å². The Balaban J connectivity index is -0.0000000465. The maximum Gasteiger partial charge on any atom is 0.673 e. The molecular weight excluding hydrogens is 829 g/mol. The van der Waals surface area contributed by atoms with Gasteiger partial charge in [-0.05, 0) is 27.7 Å². The molecule has 0 aliphatic carbocycles. The van der Waals surface area contributed by atoms with Crippen LogP contribution in [0.2, 0.25) is 0 Å². The van der Waals surface area contributed by atoms with E-state index in [1.807, 2.05) is 13.8 Å². The molecule has 0 aliphatic rings. The van der Waals surface area contributed by atoms with Gasteiger partial charge in [-0.2, -0.15) is 0 Å². The third-order valence-corrected chi connectivity index (χ3v) is 2.68. The molecule has 0 rings (SSSR count). The normalized spacial score (nSPS) is 11.6. The predicted octanol–water partition coefficient (Wildman–Crippen LogP) is 13.3. The molecule has 41 heteroatoms. The van der Waals surface area contributed by atoms with Gasteiger partial charge in [-0.25, -0.2) is 0 Å². The Morgan fingerprint density at radius 1 is 0.216 bits per heavy atom. The van der Waals surface area contributed by atoms with Crippen molar-refractivity contribution in [3.05, 3.63) is 0 Å². The molecule has 1 nitrogen and oxygen atoms in total. The fourth-order valence-corrected chi connectivity index (χ4v) is 1.34. The van der Waals surface area contributed by atoms with Crippen molar-refractivity contribution >= 4 is 58.0 Å².